The summed E-state index contributed by atoms with van der Waals surface area (Å²) in [6.07, 6.45) is -1.68. The lowest BCUT2D eigenvalue weighted by molar-refractivity contribution is -0.258. The maximum atomic E-state index is 13.1. The van der Waals surface area contributed by atoms with Gasteiger partial charge in [-0.2, -0.15) is 0 Å². The predicted octanol–water partition coefficient (Wildman–Crippen LogP) is -3.88. The molecular formula is C41H64N8O15. The van der Waals surface area contributed by atoms with Gasteiger partial charge in [-0.05, 0) is 25.7 Å². The molecule has 0 aromatic heterocycles. The number of fused-ring (bicyclic) bond motifs is 7. The number of nitrogens with one attached hydrogen (secondary N) is 3. The third-order valence-electron chi connectivity index (χ3n) is 11.5. The minimum Gasteiger partial charge on any atom is -0.389 e. The summed E-state index contributed by atoms with van der Waals surface area (Å²) in [7, 11) is 0. The molecule has 0 aromatic carbocycles. The molecule has 5 atom stereocenters. The Kier molecular flexibility index (Phi) is 20.6. The van der Waals surface area contributed by atoms with Crippen LogP contribution in [0.15, 0.2) is 0 Å². The van der Waals surface area contributed by atoms with Crippen LogP contribution in [0.4, 0.5) is 0 Å². The number of hydrogen-bond donors (Lipinski definition) is 5. The summed E-state index contributed by atoms with van der Waals surface area (Å²) < 4.78 is 15.5. The fraction of sp³-hybridized carbons (Fsp3) is 0.756. The number of rotatable bonds is 19. The van der Waals surface area contributed by atoms with E-state index >= 15 is 0 Å². The quantitative estimate of drug-likeness (QED) is 0.0612. The van der Waals surface area contributed by atoms with Crippen LogP contribution in [0.5, 0.6) is 0 Å². The zero-order valence-corrected chi connectivity index (χ0v) is 37.0. The number of ketones is 3. The topological polar surface area (TPSA) is 291 Å². The molecule has 4 bridgehead atoms. The van der Waals surface area contributed by atoms with Crippen molar-refractivity contribution in [2.75, 3.05) is 98.2 Å². The Hall–Kier alpha value is -4.94. The van der Waals surface area contributed by atoms with Gasteiger partial charge in [0.05, 0.1) is 45.3 Å². The van der Waals surface area contributed by atoms with Gasteiger partial charge in [-0.25, -0.2) is 0 Å². The number of carbonyl (C=O) groups excluding carboxylic acids is 10. The molecule has 0 aromatic rings. The minimum atomic E-state index is -1.80. The normalized spacial score (nSPS) is 24.5. The zero-order chi connectivity index (χ0) is 46.9. The van der Waals surface area contributed by atoms with Crippen LogP contribution in [0, 0.1) is 11.8 Å². The molecule has 4 aliphatic heterocycles. The lowest BCUT2D eigenvalue weighted by atomic mass is 9.89. The maximum absolute atomic E-state index is 13.1. The largest absolute Gasteiger partial charge is 0.412 e. The molecule has 5 N–H and O–H groups in total. The van der Waals surface area contributed by atoms with Gasteiger partial charge in [0.15, 0.2) is 17.9 Å². The van der Waals surface area contributed by atoms with Gasteiger partial charge >= 0.3 is 24.4 Å². The fourth-order valence-electron chi connectivity index (χ4n) is 7.71. The highest BCUT2D eigenvalue weighted by molar-refractivity contribution is 5.94. The van der Waals surface area contributed by atoms with Crippen LogP contribution in [-0.2, 0) is 62.2 Å². The van der Waals surface area contributed by atoms with Gasteiger partial charge in [-0.3, -0.25) is 67.5 Å². The zero-order valence-electron chi connectivity index (χ0n) is 37.0. The van der Waals surface area contributed by atoms with E-state index < -0.39 is 83.9 Å². The van der Waals surface area contributed by atoms with Crippen molar-refractivity contribution in [2.45, 2.75) is 90.6 Å². The van der Waals surface area contributed by atoms with Gasteiger partial charge in [-0.15, -0.1) is 0 Å². The van der Waals surface area contributed by atoms with E-state index in [2.05, 4.69) is 16.0 Å². The Morgan fingerprint density at radius 1 is 0.641 bits per heavy atom. The summed E-state index contributed by atoms with van der Waals surface area (Å²) in [5.74, 6) is -6.56. The third kappa shape index (κ3) is 17.6. The summed E-state index contributed by atoms with van der Waals surface area (Å²) in [4.78, 5) is 136. The molecule has 0 aliphatic carbocycles. The molecule has 23 heteroatoms. The Labute approximate surface area is 371 Å². The molecule has 2 unspecified atom stereocenters. The second-order valence-electron chi connectivity index (χ2n) is 17.0. The molecule has 4 saturated heterocycles. The molecule has 4 amide bonds. The van der Waals surface area contributed by atoms with Gasteiger partial charge in [0.25, 0.3) is 0 Å². The molecule has 358 valence electrons. The molecule has 4 rings (SSSR count). The van der Waals surface area contributed by atoms with Crippen LogP contribution in [-0.4, -0.2) is 217 Å². The first-order valence-electron chi connectivity index (χ1n) is 21.9. The average Bonchev–Trinajstić information content (AvgIpc) is 3.72. The van der Waals surface area contributed by atoms with E-state index in [1.165, 1.54) is 11.8 Å². The summed E-state index contributed by atoms with van der Waals surface area (Å²) in [5, 5.41) is 26.7. The highest BCUT2D eigenvalue weighted by atomic mass is 16.9. The highest BCUT2D eigenvalue weighted by Gasteiger charge is 2.37. The molecule has 0 saturated carbocycles. The smallest absolute Gasteiger partial charge is 0.389 e. The van der Waals surface area contributed by atoms with Gasteiger partial charge in [-0.1, -0.05) is 13.8 Å². The van der Waals surface area contributed by atoms with E-state index in [0.29, 0.717) is 71.7 Å². The maximum Gasteiger partial charge on any atom is 0.412 e. The molecule has 4 fully saturated rings. The number of hydrogen-bond acceptors (Lipinski definition) is 19. The Morgan fingerprint density at radius 2 is 1.11 bits per heavy atom. The number of ether oxygens (including phenoxy) is 3. The molecule has 23 nitrogen and oxygen atoms in total. The van der Waals surface area contributed by atoms with Gasteiger partial charge in [0.2, 0.25) is 23.6 Å². The molecular weight excluding hydrogens is 844 g/mol. The second kappa shape index (κ2) is 25.5. The van der Waals surface area contributed by atoms with E-state index in [9.17, 15) is 58.2 Å². The van der Waals surface area contributed by atoms with Crippen LogP contribution in [0.3, 0.4) is 0 Å². The van der Waals surface area contributed by atoms with Gasteiger partial charge in [0, 0.05) is 96.9 Å². The molecule has 0 spiro atoms. The Morgan fingerprint density at radius 3 is 1.59 bits per heavy atom. The fourth-order valence-corrected chi connectivity index (χ4v) is 7.71. The van der Waals surface area contributed by atoms with E-state index in [-0.39, 0.29) is 83.1 Å². The lowest BCUT2D eigenvalue weighted by Gasteiger charge is -2.33. The van der Waals surface area contributed by atoms with Crippen molar-refractivity contribution in [1.29, 1.82) is 0 Å². The van der Waals surface area contributed by atoms with Crippen molar-refractivity contribution < 1.29 is 72.4 Å². The second-order valence-corrected chi connectivity index (χ2v) is 17.0. The molecule has 4 heterocycles. The Bertz CT molecular complexity index is 1680. The van der Waals surface area contributed by atoms with Gasteiger partial charge in [0.1, 0.15) is 11.8 Å². The number of esters is 3. The summed E-state index contributed by atoms with van der Waals surface area (Å²) in [6, 6.07) is -1.73. The van der Waals surface area contributed by atoms with Crippen LogP contribution >= 0.6 is 0 Å². The molecule has 4 aliphatic rings. The first-order chi connectivity index (χ1) is 30.4. The number of nitrogens with zero attached hydrogens (tertiary/aromatic N) is 5. The first-order valence-corrected chi connectivity index (χ1v) is 21.9. The summed E-state index contributed by atoms with van der Waals surface area (Å²) in [6.45, 7) is 5.45. The van der Waals surface area contributed by atoms with E-state index in [4.69, 9.17) is 14.2 Å². The van der Waals surface area contributed by atoms with Crippen LogP contribution in [0.2, 0.25) is 0 Å². The van der Waals surface area contributed by atoms with Crippen molar-refractivity contribution in [3.8, 4) is 0 Å². The van der Waals surface area contributed by atoms with Crippen molar-refractivity contribution in [3.63, 3.8) is 0 Å². The number of aliphatic hydroxyl groups is 2. The van der Waals surface area contributed by atoms with Crippen molar-refractivity contribution in [1.82, 2.24) is 40.4 Å². The number of carbonyl (C=O) groups is 10. The number of Topliss-reactive ketones (excluding diaryl/α,β-unsaturated/α-hetero) is 3. The average molecular weight is 909 g/mol. The number of aliphatic hydroxyl groups excluding tert-OH is 1. The monoisotopic (exact) mass is 908 g/mol. The van der Waals surface area contributed by atoms with E-state index in [1.54, 1.807) is 13.8 Å². The molecule has 0 radical (unpaired) electrons. The molecule has 64 heavy (non-hydrogen) atoms. The Balaban J connectivity index is 1.15. The van der Waals surface area contributed by atoms with Crippen LogP contribution < -0.4 is 16.0 Å². The van der Waals surface area contributed by atoms with Crippen molar-refractivity contribution in [3.05, 3.63) is 0 Å². The van der Waals surface area contributed by atoms with Crippen LogP contribution in [0.1, 0.15) is 65.7 Å². The van der Waals surface area contributed by atoms with Crippen molar-refractivity contribution in [2.24, 2.45) is 11.8 Å². The minimum absolute atomic E-state index is 0.0136. The standard InChI is InChI=1S/C41H64N8O15/c1-26(2)31(38(58)44-27(3)39(59)49-10-4-5-32(49)40(60)61)19-30(52)21-43-33(53)8-6-28(50)20-42-34(54)9-7-29(51)22-45-11-13-46-15-17-48-18-16-47(14-12-45)24-36(56)63-41(62-35(55)23-46)64-37(57)25-48/h26-27,31-32,40-41,60-61H,4-25H2,1-3H3,(H,42,54)(H,43,53)(H,44,58)/t27-,31+,32+/m1/s1. The first kappa shape index (κ1) is 51.7. The highest BCUT2D eigenvalue weighted by Crippen LogP contribution is 2.21. The summed E-state index contributed by atoms with van der Waals surface area (Å²) in [5.41, 5.74) is 0. The van der Waals surface area contributed by atoms with E-state index in [1.807, 2.05) is 19.6 Å². The number of amides is 4. The predicted molar refractivity (Wildman–Crippen MR) is 221 cm³/mol. The van der Waals surface area contributed by atoms with E-state index in [0.717, 1.165) is 0 Å². The van der Waals surface area contributed by atoms with Crippen LogP contribution in [0.25, 0.3) is 0 Å². The summed E-state index contributed by atoms with van der Waals surface area (Å²) >= 11 is 0. The van der Waals surface area contributed by atoms with Gasteiger partial charge < -0.3 is 45.3 Å². The SMILES string of the molecule is CC(C)[C@H](CC(=O)CNC(=O)CCC(=O)CNC(=O)CCC(=O)CN1CCN2CCN3CCN(CC1)CC(=O)OC(OC(=O)C2)OC(=O)C3)C(=O)N[C@H](C)C(=O)N1CCC[C@H]1C(O)O. The lowest BCUT2D eigenvalue weighted by Crippen LogP contribution is -2.52. The third-order valence-corrected chi connectivity index (χ3v) is 11.5. The van der Waals surface area contributed by atoms with Crippen molar-refractivity contribution >= 4 is 58.9 Å². The number of likely N-dealkylation sites (tertiary alicyclic amines) is 1.